The van der Waals surface area contributed by atoms with Crippen molar-refractivity contribution in [3.63, 3.8) is 0 Å². The van der Waals surface area contributed by atoms with Crippen LogP contribution in [0, 0.1) is 0 Å². The summed E-state index contributed by atoms with van der Waals surface area (Å²) < 4.78 is 10.7. The minimum Gasteiger partial charge on any atom is -0.454 e. The van der Waals surface area contributed by atoms with Crippen molar-refractivity contribution in [3.8, 4) is 0 Å². The Balaban J connectivity index is 1.74. The smallest absolute Gasteiger partial charge is 0.284 e. The minimum absolute atomic E-state index is 0.156. The lowest BCUT2D eigenvalue weighted by Gasteiger charge is -2.26. The summed E-state index contributed by atoms with van der Waals surface area (Å²) in [7, 11) is 0. The third-order valence-corrected chi connectivity index (χ3v) is 3.69. The number of aliphatic imine (C=N–C) groups is 1. The Labute approximate surface area is 142 Å². The van der Waals surface area contributed by atoms with Crippen LogP contribution in [0.5, 0.6) is 0 Å². The van der Waals surface area contributed by atoms with Crippen molar-refractivity contribution in [2.24, 2.45) is 10.7 Å². The van der Waals surface area contributed by atoms with Crippen LogP contribution in [0.3, 0.4) is 0 Å². The highest BCUT2D eigenvalue weighted by Gasteiger charge is 2.09. The van der Waals surface area contributed by atoms with Crippen LogP contribution < -0.4 is 16.4 Å². The Kier molecular flexibility index (Phi) is 7.57. The number of nitrogens with one attached hydrogen (secondary N) is 2. The molecule has 2 heterocycles. The van der Waals surface area contributed by atoms with Crippen LogP contribution in [0.25, 0.3) is 0 Å². The molecule has 134 valence electrons. The lowest BCUT2D eigenvalue weighted by Crippen LogP contribution is -2.40. The standard InChI is InChI=1S/C16H27N5O3/c1-2-18-16(19-6-3-7-21-8-10-23-11-9-21)20-12-13-4-5-14(24-13)15(17)22/h4-5H,2-3,6-12H2,1H3,(H2,17,22)(H2,18,19,20). The van der Waals surface area contributed by atoms with Crippen LogP contribution in [0.4, 0.5) is 0 Å². The first-order chi connectivity index (χ1) is 11.7. The molecule has 1 aromatic heterocycles. The van der Waals surface area contributed by atoms with Crippen molar-refractivity contribution >= 4 is 11.9 Å². The number of carbonyl (C=O) groups is 1. The van der Waals surface area contributed by atoms with Crippen molar-refractivity contribution in [1.82, 2.24) is 15.5 Å². The number of nitrogens with zero attached hydrogens (tertiary/aromatic N) is 2. The number of nitrogens with two attached hydrogens (primary N) is 1. The van der Waals surface area contributed by atoms with Crippen molar-refractivity contribution in [1.29, 1.82) is 0 Å². The van der Waals surface area contributed by atoms with Gasteiger partial charge < -0.3 is 25.5 Å². The summed E-state index contributed by atoms with van der Waals surface area (Å²) in [6, 6.07) is 3.28. The average molecular weight is 337 g/mol. The molecule has 1 fully saturated rings. The van der Waals surface area contributed by atoms with Gasteiger partial charge in [0, 0.05) is 26.2 Å². The van der Waals surface area contributed by atoms with Gasteiger partial charge in [0.25, 0.3) is 5.91 Å². The summed E-state index contributed by atoms with van der Waals surface area (Å²) in [4.78, 5) is 17.9. The summed E-state index contributed by atoms with van der Waals surface area (Å²) in [5, 5.41) is 6.50. The van der Waals surface area contributed by atoms with Crippen LogP contribution in [0.15, 0.2) is 21.5 Å². The lowest BCUT2D eigenvalue weighted by molar-refractivity contribution is 0.0376. The first-order valence-corrected chi connectivity index (χ1v) is 8.40. The molecule has 0 radical (unpaired) electrons. The van der Waals surface area contributed by atoms with Gasteiger partial charge in [0.15, 0.2) is 11.7 Å². The number of hydrogen-bond donors (Lipinski definition) is 3. The Morgan fingerprint density at radius 1 is 1.33 bits per heavy atom. The highest BCUT2D eigenvalue weighted by molar-refractivity contribution is 5.89. The van der Waals surface area contributed by atoms with E-state index < -0.39 is 5.91 Å². The lowest BCUT2D eigenvalue weighted by atomic mass is 10.3. The highest BCUT2D eigenvalue weighted by atomic mass is 16.5. The van der Waals surface area contributed by atoms with E-state index in [1.165, 1.54) is 0 Å². The van der Waals surface area contributed by atoms with E-state index in [4.69, 9.17) is 14.9 Å². The SMILES string of the molecule is CCNC(=NCc1ccc(C(N)=O)o1)NCCCN1CCOCC1. The second-order valence-corrected chi connectivity index (χ2v) is 5.56. The summed E-state index contributed by atoms with van der Waals surface area (Å²) in [5.41, 5.74) is 5.17. The van der Waals surface area contributed by atoms with Gasteiger partial charge >= 0.3 is 0 Å². The predicted molar refractivity (Wildman–Crippen MR) is 91.9 cm³/mol. The fraction of sp³-hybridized carbons (Fsp3) is 0.625. The van der Waals surface area contributed by atoms with E-state index in [0.29, 0.717) is 12.3 Å². The Morgan fingerprint density at radius 3 is 2.79 bits per heavy atom. The molecule has 8 nitrogen and oxygen atoms in total. The van der Waals surface area contributed by atoms with Crippen LogP contribution >= 0.6 is 0 Å². The quantitative estimate of drug-likeness (QED) is 0.354. The van der Waals surface area contributed by atoms with E-state index >= 15 is 0 Å². The number of carbonyl (C=O) groups excluding carboxylic acids is 1. The van der Waals surface area contributed by atoms with Gasteiger partial charge in [0.1, 0.15) is 12.3 Å². The third kappa shape index (κ3) is 6.21. The summed E-state index contributed by atoms with van der Waals surface area (Å²) >= 11 is 0. The number of rotatable bonds is 8. The topological polar surface area (TPSA) is 105 Å². The molecule has 0 bridgehead atoms. The van der Waals surface area contributed by atoms with Gasteiger partial charge in [-0.05, 0) is 32.0 Å². The van der Waals surface area contributed by atoms with Gasteiger partial charge in [-0.2, -0.15) is 0 Å². The molecule has 1 aliphatic heterocycles. The van der Waals surface area contributed by atoms with Crippen molar-refractivity contribution < 1.29 is 13.9 Å². The molecule has 0 atom stereocenters. The zero-order chi connectivity index (χ0) is 17.2. The molecular weight excluding hydrogens is 310 g/mol. The molecule has 0 aliphatic carbocycles. The molecule has 1 saturated heterocycles. The minimum atomic E-state index is -0.571. The first-order valence-electron chi connectivity index (χ1n) is 8.40. The largest absolute Gasteiger partial charge is 0.454 e. The van der Waals surface area contributed by atoms with Gasteiger partial charge in [-0.3, -0.25) is 9.69 Å². The summed E-state index contributed by atoms with van der Waals surface area (Å²) in [6.07, 6.45) is 1.04. The number of ether oxygens (including phenoxy) is 1. The van der Waals surface area contributed by atoms with Crippen molar-refractivity contribution in [2.75, 3.05) is 45.9 Å². The second-order valence-electron chi connectivity index (χ2n) is 5.56. The molecule has 4 N–H and O–H groups in total. The number of morpholine rings is 1. The van der Waals surface area contributed by atoms with Crippen LogP contribution in [0.1, 0.15) is 29.7 Å². The molecular formula is C16H27N5O3. The van der Waals surface area contributed by atoms with E-state index in [-0.39, 0.29) is 5.76 Å². The molecule has 0 aromatic carbocycles. The molecule has 0 spiro atoms. The van der Waals surface area contributed by atoms with Gasteiger partial charge in [-0.25, -0.2) is 4.99 Å². The van der Waals surface area contributed by atoms with Gasteiger partial charge in [-0.1, -0.05) is 0 Å². The zero-order valence-electron chi connectivity index (χ0n) is 14.2. The molecule has 0 saturated carbocycles. The molecule has 2 rings (SSSR count). The van der Waals surface area contributed by atoms with Gasteiger partial charge in [0.05, 0.1) is 13.2 Å². The van der Waals surface area contributed by atoms with Crippen molar-refractivity contribution in [2.45, 2.75) is 19.9 Å². The predicted octanol–water partition coefficient (Wildman–Crippen LogP) is 0.156. The third-order valence-electron chi connectivity index (χ3n) is 3.69. The number of primary amides is 1. The maximum absolute atomic E-state index is 11.0. The fourth-order valence-electron chi connectivity index (χ4n) is 2.43. The Bertz CT molecular complexity index is 538. The maximum atomic E-state index is 11.0. The molecule has 1 aliphatic rings. The number of furan rings is 1. The van der Waals surface area contributed by atoms with Crippen LogP contribution in [-0.4, -0.2) is 62.7 Å². The van der Waals surface area contributed by atoms with Crippen molar-refractivity contribution in [3.05, 3.63) is 23.7 Å². The van der Waals surface area contributed by atoms with Crippen LogP contribution in [0.2, 0.25) is 0 Å². The molecule has 1 aromatic rings. The number of hydrogen-bond acceptors (Lipinski definition) is 5. The van der Waals surface area contributed by atoms with E-state index in [2.05, 4.69) is 20.5 Å². The highest BCUT2D eigenvalue weighted by Crippen LogP contribution is 2.08. The summed E-state index contributed by atoms with van der Waals surface area (Å²) in [5.74, 6) is 0.924. The molecule has 1 amide bonds. The Morgan fingerprint density at radius 2 is 2.12 bits per heavy atom. The normalized spacial score (nSPS) is 16.1. The zero-order valence-corrected chi connectivity index (χ0v) is 14.2. The molecule has 24 heavy (non-hydrogen) atoms. The molecule has 8 heteroatoms. The van der Waals surface area contributed by atoms with E-state index in [1.54, 1.807) is 12.1 Å². The molecule has 0 unspecified atom stereocenters. The monoisotopic (exact) mass is 337 g/mol. The van der Waals surface area contributed by atoms with E-state index in [0.717, 1.165) is 58.3 Å². The van der Waals surface area contributed by atoms with E-state index in [9.17, 15) is 4.79 Å². The fourth-order valence-corrected chi connectivity index (χ4v) is 2.43. The van der Waals surface area contributed by atoms with Gasteiger partial charge in [0.2, 0.25) is 0 Å². The second kappa shape index (κ2) is 9.94. The Hall–Kier alpha value is -2.06. The number of guanidine groups is 1. The average Bonchev–Trinajstić information content (AvgIpc) is 3.06. The van der Waals surface area contributed by atoms with Gasteiger partial charge in [-0.15, -0.1) is 0 Å². The number of amides is 1. The summed E-state index contributed by atoms with van der Waals surface area (Å²) in [6.45, 7) is 8.71. The maximum Gasteiger partial charge on any atom is 0.284 e. The van der Waals surface area contributed by atoms with Crippen LogP contribution in [-0.2, 0) is 11.3 Å². The first kappa shape index (κ1) is 18.3. The van der Waals surface area contributed by atoms with E-state index in [1.807, 2.05) is 6.92 Å².